The topological polar surface area (TPSA) is 0 Å². The Morgan fingerprint density at radius 1 is 0.652 bits per heavy atom. The van der Waals surface area contributed by atoms with E-state index in [1.807, 2.05) is 0 Å². The molecule has 0 unspecified atom stereocenters. The van der Waals surface area contributed by atoms with Crippen LogP contribution in [-0.2, 0) is 6.18 Å². The van der Waals surface area contributed by atoms with Crippen LogP contribution in [0.2, 0.25) is 0 Å². The van der Waals surface area contributed by atoms with Crippen LogP contribution in [0.5, 0.6) is 0 Å². The second-order valence-electron chi connectivity index (χ2n) is 6.19. The molecule has 0 saturated heterocycles. The molecule has 0 spiro atoms. The second-order valence-corrected chi connectivity index (χ2v) is 6.19. The zero-order chi connectivity index (χ0) is 17.6. The van der Waals surface area contributed by atoms with E-state index in [4.69, 9.17) is 0 Å². The minimum absolute atomic E-state index is 0.594. The van der Waals surface area contributed by atoms with Gasteiger partial charge in [0.05, 0.1) is 5.56 Å². The van der Waals surface area contributed by atoms with Crippen molar-refractivity contribution in [2.24, 2.45) is 0 Å². The van der Waals surface area contributed by atoms with Gasteiger partial charge in [0.2, 0.25) is 0 Å². The maximum Gasteiger partial charge on any atom is 0.416 e. The summed E-state index contributed by atoms with van der Waals surface area (Å²) < 4.78 is 35.8. The molecule has 1 rings (SSSR count). The number of benzene rings is 1. The zero-order valence-electron chi connectivity index (χ0n) is 15.0. The smallest absolute Gasteiger partial charge is 0.166 e. The molecule has 23 heavy (non-hydrogen) atoms. The fraction of sp³-hybridized carbons (Fsp3) is 0.700. The molecule has 0 radical (unpaired) electrons. The fourth-order valence-corrected chi connectivity index (χ4v) is 2.30. The summed E-state index contributed by atoms with van der Waals surface area (Å²) in [5, 5.41) is 0. The van der Waals surface area contributed by atoms with Crippen LogP contribution in [0, 0.1) is 6.92 Å². The van der Waals surface area contributed by atoms with Gasteiger partial charge in [0.1, 0.15) is 0 Å². The minimum Gasteiger partial charge on any atom is -0.166 e. The Balaban J connectivity index is 0.000000422. The first kappa shape index (κ1) is 22.0. The summed E-state index contributed by atoms with van der Waals surface area (Å²) >= 11 is 0. The molecule has 134 valence electrons. The Morgan fingerprint density at radius 2 is 1.00 bits per heavy atom. The van der Waals surface area contributed by atoms with Crippen LogP contribution >= 0.6 is 0 Å². The summed E-state index contributed by atoms with van der Waals surface area (Å²) in [6.07, 6.45) is 10.2. The van der Waals surface area contributed by atoms with E-state index in [0.717, 1.165) is 17.7 Å². The number of halogens is 3. The normalized spacial score (nSPS) is 11.0. The van der Waals surface area contributed by atoms with Gasteiger partial charge in [-0.05, 0) is 19.1 Å². The van der Waals surface area contributed by atoms with Gasteiger partial charge in [-0.25, -0.2) is 0 Å². The van der Waals surface area contributed by atoms with E-state index in [2.05, 4.69) is 13.8 Å². The van der Waals surface area contributed by atoms with Crippen LogP contribution in [0.3, 0.4) is 0 Å². The van der Waals surface area contributed by atoms with E-state index in [-0.39, 0.29) is 0 Å². The SMILES string of the molecule is CCCCCCCCCCCC.Cc1ccc(C(F)(F)F)cc1. The Bertz CT molecular complexity index is 355. The highest BCUT2D eigenvalue weighted by Gasteiger charge is 2.29. The Hall–Kier alpha value is -0.990. The third-order valence-corrected chi connectivity index (χ3v) is 3.84. The summed E-state index contributed by atoms with van der Waals surface area (Å²) in [6, 6.07) is 5.05. The van der Waals surface area contributed by atoms with Crippen LogP contribution in [-0.4, -0.2) is 0 Å². The third-order valence-electron chi connectivity index (χ3n) is 3.84. The first-order valence-electron chi connectivity index (χ1n) is 9.05. The predicted molar refractivity (Wildman–Crippen MR) is 93.7 cm³/mol. The summed E-state index contributed by atoms with van der Waals surface area (Å²) in [4.78, 5) is 0. The van der Waals surface area contributed by atoms with Crippen molar-refractivity contribution in [3.05, 3.63) is 35.4 Å². The number of alkyl halides is 3. The molecule has 1 aromatic carbocycles. The lowest BCUT2D eigenvalue weighted by Gasteiger charge is -2.05. The van der Waals surface area contributed by atoms with Crippen LogP contribution in [0.25, 0.3) is 0 Å². The molecule has 0 fully saturated rings. The van der Waals surface area contributed by atoms with Crippen molar-refractivity contribution in [3.63, 3.8) is 0 Å². The summed E-state index contributed by atoms with van der Waals surface area (Å²) in [6.45, 7) is 6.31. The van der Waals surface area contributed by atoms with Crippen molar-refractivity contribution in [1.29, 1.82) is 0 Å². The Morgan fingerprint density at radius 3 is 1.30 bits per heavy atom. The number of rotatable bonds is 9. The number of aryl methyl sites for hydroxylation is 1. The highest BCUT2D eigenvalue weighted by molar-refractivity contribution is 5.23. The van der Waals surface area contributed by atoms with E-state index < -0.39 is 11.7 Å². The molecule has 0 nitrogen and oxygen atoms in total. The Labute approximate surface area is 140 Å². The van der Waals surface area contributed by atoms with Crippen LogP contribution < -0.4 is 0 Å². The minimum atomic E-state index is -4.21. The quantitative estimate of drug-likeness (QED) is 0.403. The van der Waals surface area contributed by atoms with Crippen LogP contribution in [0.4, 0.5) is 13.2 Å². The lowest BCUT2D eigenvalue weighted by Crippen LogP contribution is -2.03. The van der Waals surface area contributed by atoms with Gasteiger partial charge in [0.25, 0.3) is 0 Å². The lowest BCUT2D eigenvalue weighted by atomic mass is 10.1. The van der Waals surface area contributed by atoms with Gasteiger partial charge in [-0.1, -0.05) is 95.8 Å². The molecule has 0 saturated carbocycles. The molecule has 0 aromatic heterocycles. The highest BCUT2D eigenvalue weighted by Crippen LogP contribution is 2.28. The van der Waals surface area contributed by atoms with Gasteiger partial charge in [0.15, 0.2) is 0 Å². The molecule has 3 heteroatoms. The van der Waals surface area contributed by atoms with Gasteiger partial charge in [-0.15, -0.1) is 0 Å². The number of hydrogen-bond donors (Lipinski definition) is 0. The average Bonchev–Trinajstić information content (AvgIpc) is 2.50. The maximum atomic E-state index is 11.9. The molecule has 0 amide bonds. The molecule has 0 heterocycles. The molecule has 0 N–H and O–H groups in total. The summed E-state index contributed by atoms with van der Waals surface area (Å²) in [5.74, 6) is 0. The van der Waals surface area contributed by atoms with E-state index in [1.54, 1.807) is 6.92 Å². The second kappa shape index (κ2) is 13.4. The van der Waals surface area contributed by atoms with Gasteiger partial charge in [-0.3, -0.25) is 0 Å². The fourth-order valence-electron chi connectivity index (χ4n) is 2.30. The van der Waals surface area contributed by atoms with Crippen molar-refractivity contribution >= 4 is 0 Å². The van der Waals surface area contributed by atoms with Crippen LogP contribution in [0.1, 0.15) is 89.2 Å². The summed E-state index contributed by atoms with van der Waals surface area (Å²) in [7, 11) is 0. The first-order chi connectivity index (χ1) is 10.9. The lowest BCUT2D eigenvalue weighted by molar-refractivity contribution is -0.137. The number of hydrogen-bond acceptors (Lipinski definition) is 0. The van der Waals surface area contributed by atoms with Gasteiger partial charge < -0.3 is 0 Å². The highest BCUT2D eigenvalue weighted by atomic mass is 19.4. The van der Waals surface area contributed by atoms with Crippen molar-refractivity contribution in [3.8, 4) is 0 Å². The molecule has 0 aliphatic carbocycles. The molecule has 0 atom stereocenters. The molecular formula is C20H33F3. The van der Waals surface area contributed by atoms with E-state index in [0.29, 0.717) is 0 Å². The van der Waals surface area contributed by atoms with Crippen molar-refractivity contribution in [1.82, 2.24) is 0 Å². The van der Waals surface area contributed by atoms with Gasteiger partial charge in [-0.2, -0.15) is 13.2 Å². The van der Waals surface area contributed by atoms with E-state index in [9.17, 15) is 13.2 Å². The van der Waals surface area contributed by atoms with E-state index >= 15 is 0 Å². The number of unbranched alkanes of at least 4 members (excludes halogenated alkanes) is 9. The molecule has 0 aliphatic heterocycles. The molecule has 1 aromatic rings. The molecule has 0 aliphatic rings. The molecule has 0 bridgehead atoms. The predicted octanol–water partition coefficient (Wildman–Crippen LogP) is 7.94. The first-order valence-corrected chi connectivity index (χ1v) is 9.05. The van der Waals surface area contributed by atoms with Crippen molar-refractivity contribution in [2.45, 2.75) is 91.2 Å². The third kappa shape index (κ3) is 13.2. The zero-order valence-corrected chi connectivity index (χ0v) is 15.0. The van der Waals surface area contributed by atoms with Gasteiger partial charge >= 0.3 is 6.18 Å². The largest absolute Gasteiger partial charge is 0.416 e. The van der Waals surface area contributed by atoms with E-state index in [1.165, 1.54) is 76.3 Å². The average molecular weight is 330 g/mol. The van der Waals surface area contributed by atoms with Crippen molar-refractivity contribution in [2.75, 3.05) is 0 Å². The van der Waals surface area contributed by atoms with Crippen LogP contribution in [0.15, 0.2) is 24.3 Å². The monoisotopic (exact) mass is 330 g/mol. The summed E-state index contributed by atoms with van der Waals surface area (Å²) in [5.41, 5.74) is 0.237. The van der Waals surface area contributed by atoms with Crippen molar-refractivity contribution < 1.29 is 13.2 Å². The van der Waals surface area contributed by atoms with Gasteiger partial charge in [0, 0.05) is 0 Å². The molecular weight excluding hydrogens is 297 g/mol. The Kier molecular flexibility index (Phi) is 12.9. The standard InChI is InChI=1S/C12H26.C8H7F3/c1-3-5-7-9-11-12-10-8-6-4-2;1-6-2-4-7(5-3-6)8(9,10)11/h3-12H2,1-2H3;2-5H,1H3. The maximum absolute atomic E-state index is 11.9.